The molecule has 1 aliphatic heterocycles. The van der Waals surface area contributed by atoms with Gasteiger partial charge < -0.3 is 15.2 Å². The lowest BCUT2D eigenvalue weighted by atomic mass is 10.1. The van der Waals surface area contributed by atoms with Gasteiger partial charge in [0.25, 0.3) is 0 Å². The molecule has 0 saturated carbocycles. The summed E-state index contributed by atoms with van der Waals surface area (Å²) < 4.78 is 11.3. The summed E-state index contributed by atoms with van der Waals surface area (Å²) in [4.78, 5) is 11.1. The molecule has 0 aromatic heterocycles. The maximum Gasteiger partial charge on any atom is 0.221 e. The lowest BCUT2D eigenvalue weighted by Gasteiger charge is -2.11. The second-order valence-electron chi connectivity index (χ2n) is 5.39. The molecule has 2 N–H and O–H groups in total. The number of fused-ring (bicyclic) bond motifs is 1. The highest BCUT2D eigenvalue weighted by Gasteiger charge is 2.12. The molecular weight excluding hydrogens is 278 g/mol. The number of para-hydroxylation sites is 1. The molecule has 0 saturated heterocycles. The van der Waals surface area contributed by atoms with Gasteiger partial charge in [0.05, 0.1) is 19.6 Å². The Kier molecular flexibility index (Phi) is 4.28. The van der Waals surface area contributed by atoms with E-state index in [1.807, 2.05) is 30.3 Å². The summed E-state index contributed by atoms with van der Waals surface area (Å²) in [5.74, 6) is 1.37. The first kappa shape index (κ1) is 14.4. The van der Waals surface area contributed by atoms with Crippen molar-refractivity contribution in [2.75, 3.05) is 13.2 Å². The number of carbonyl (C=O) groups excluding carboxylic acids is 1. The Morgan fingerprint density at radius 1 is 1.23 bits per heavy atom. The van der Waals surface area contributed by atoms with Gasteiger partial charge in [0.2, 0.25) is 5.91 Å². The molecule has 0 fully saturated rings. The monoisotopic (exact) mass is 297 g/mol. The van der Waals surface area contributed by atoms with E-state index in [2.05, 4.69) is 12.1 Å². The molecule has 1 amide bonds. The molecular formula is C18H19NO3. The first-order valence-electron chi connectivity index (χ1n) is 7.46. The van der Waals surface area contributed by atoms with E-state index in [-0.39, 0.29) is 12.3 Å². The Hall–Kier alpha value is -2.49. The second-order valence-corrected chi connectivity index (χ2v) is 5.39. The molecule has 4 nitrogen and oxygen atoms in total. The van der Waals surface area contributed by atoms with E-state index in [0.29, 0.717) is 6.61 Å². The minimum absolute atomic E-state index is 0.201. The summed E-state index contributed by atoms with van der Waals surface area (Å²) >= 11 is 0. The van der Waals surface area contributed by atoms with Crippen molar-refractivity contribution in [3.05, 3.63) is 59.2 Å². The van der Waals surface area contributed by atoms with Crippen molar-refractivity contribution in [2.24, 2.45) is 5.73 Å². The fraction of sp³-hybridized carbons (Fsp3) is 0.278. The van der Waals surface area contributed by atoms with E-state index >= 15 is 0 Å². The summed E-state index contributed by atoms with van der Waals surface area (Å²) in [7, 11) is 0. The Balaban J connectivity index is 1.60. The van der Waals surface area contributed by atoms with Crippen LogP contribution in [0.2, 0.25) is 0 Å². The molecule has 0 atom stereocenters. The van der Waals surface area contributed by atoms with Crippen molar-refractivity contribution in [3.8, 4) is 11.5 Å². The van der Waals surface area contributed by atoms with Crippen molar-refractivity contribution < 1.29 is 14.3 Å². The van der Waals surface area contributed by atoms with Crippen LogP contribution in [0.25, 0.3) is 0 Å². The molecule has 0 aliphatic carbocycles. The SMILES string of the molecule is NC(=O)Cc1ccccc1OCCc1ccc2c(c1)CCO2. The van der Waals surface area contributed by atoms with E-state index < -0.39 is 0 Å². The van der Waals surface area contributed by atoms with E-state index in [0.717, 1.165) is 36.5 Å². The van der Waals surface area contributed by atoms with Gasteiger partial charge in [-0.15, -0.1) is 0 Å². The third-order valence-corrected chi connectivity index (χ3v) is 3.74. The number of ether oxygens (including phenoxy) is 2. The second kappa shape index (κ2) is 6.52. The zero-order valence-electron chi connectivity index (χ0n) is 12.4. The zero-order chi connectivity index (χ0) is 15.4. The predicted molar refractivity (Wildman–Crippen MR) is 84.2 cm³/mol. The van der Waals surface area contributed by atoms with Gasteiger partial charge >= 0.3 is 0 Å². The van der Waals surface area contributed by atoms with Gasteiger partial charge in [-0.1, -0.05) is 30.3 Å². The van der Waals surface area contributed by atoms with Gasteiger partial charge in [-0.3, -0.25) is 4.79 Å². The average molecular weight is 297 g/mol. The van der Waals surface area contributed by atoms with Gasteiger partial charge in [-0.05, 0) is 23.3 Å². The van der Waals surface area contributed by atoms with Crippen LogP contribution in [0.5, 0.6) is 11.5 Å². The normalized spacial score (nSPS) is 12.5. The Bertz CT molecular complexity index is 682. The molecule has 3 rings (SSSR count). The topological polar surface area (TPSA) is 61.6 Å². The molecule has 4 heteroatoms. The van der Waals surface area contributed by atoms with Crippen LogP contribution in [0.3, 0.4) is 0 Å². The predicted octanol–water partition coefficient (Wildman–Crippen LogP) is 2.27. The number of benzene rings is 2. The van der Waals surface area contributed by atoms with Crippen molar-refractivity contribution >= 4 is 5.91 Å². The molecule has 2 aromatic carbocycles. The van der Waals surface area contributed by atoms with Gasteiger partial charge in [-0.25, -0.2) is 0 Å². The standard InChI is InChI=1S/C18H19NO3/c19-18(20)12-14-3-1-2-4-16(14)21-9-7-13-5-6-17-15(11-13)8-10-22-17/h1-6,11H,7-10,12H2,(H2,19,20). The lowest BCUT2D eigenvalue weighted by molar-refractivity contribution is -0.117. The third-order valence-electron chi connectivity index (χ3n) is 3.74. The smallest absolute Gasteiger partial charge is 0.221 e. The molecule has 1 heterocycles. The Labute approximate surface area is 129 Å². The molecule has 0 unspecified atom stereocenters. The minimum Gasteiger partial charge on any atom is -0.493 e. The van der Waals surface area contributed by atoms with Crippen LogP contribution in [-0.2, 0) is 24.1 Å². The summed E-state index contributed by atoms with van der Waals surface area (Å²) in [6, 6.07) is 13.8. The van der Waals surface area contributed by atoms with Crippen molar-refractivity contribution in [1.29, 1.82) is 0 Å². The number of primary amides is 1. The van der Waals surface area contributed by atoms with Crippen LogP contribution >= 0.6 is 0 Å². The van der Waals surface area contributed by atoms with E-state index in [4.69, 9.17) is 15.2 Å². The summed E-state index contributed by atoms with van der Waals surface area (Å²) in [5.41, 5.74) is 8.59. The highest BCUT2D eigenvalue weighted by molar-refractivity contribution is 5.77. The largest absolute Gasteiger partial charge is 0.493 e. The van der Waals surface area contributed by atoms with Gasteiger partial charge in [0.1, 0.15) is 11.5 Å². The molecule has 1 aliphatic rings. The summed E-state index contributed by atoms with van der Waals surface area (Å²) in [6.07, 6.45) is 2.00. The van der Waals surface area contributed by atoms with Gasteiger partial charge in [0.15, 0.2) is 0 Å². The summed E-state index contributed by atoms with van der Waals surface area (Å²) in [6.45, 7) is 1.34. The summed E-state index contributed by atoms with van der Waals surface area (Å²) in [5, 5.41) is 0. The van der Waals surface area contributed by atoms with Crippen LogP contribution < -0.4 is 15.2 Å². The van der Waals surface area contributed by atoms with Crippen LogP contribution in [0.4, 0.5) is 0 Å². The van der Waals surface area contributed by atoms with Gasteiger partial charge in [-0.2, -0.15) is 0 Å². The maximum absolute atomic E-state index is 11.1. The number of amides is 1. The quantitative estimate of drug-likeness (QED) is 0.889. The third kappa shape index (κ3) is 3.39. The molecule has 2 aromatic rings. The molecule has 0 bridgehead atoms. The number of hydrogen-bond acceptors (Lipinski definition) is 3. The fourth-order valence-corrected chi connectivity index (χ4v) is 2.65. The van der Waals surface area contributed by atoms with Crippen LogP contribution in [0.1, 0.15) is 16.7 Å². The number of hydrogen-bond donors (Lipinski definition) is 1. The highest BCUT2D eigenvalue weighted by atomic mass is 16.5. The molecule has 0 radical (unpaired) electrons. The highest BCUT2D eigenvalue weighted by Crippen LogP contribution is 2.26. The van der Waals surface area contributed by atoms with E-state index in [1.165, 1.54) is 11.1 Å². The fourth-order valence-electron chi connectivity index (χ4n) is 2.65. The van der Waals surface area contributed by atoms with E-state index in [1.54, 1.807) is 0 Å². The first-order valence-corrected chi connectivity index (χ1v) is 7.46. The number of nitrogens with two attached hydrogens (primary N) is 1. The number of rotatable bonds is 6. The molecule has 22 heavy (non-hydrogen) atoms. The van der Waals surface area contributed by atoms with Crippen molar-refractivity contribution in [3.63, 3.8) is 0 Å². The maximum atomic E-state index is 11.1. The zero-order valence-corrected chi connectivity index (χ0v) is 12.4. The average Bonchev–Trinajstić information content (AvgIpc) is 2.96. The number of carbonyl (C=O) groups is 1. The van der Waals surface area contributed by atoms with Gasteiger partial charge in [0, 0.05) is 18.4 Å². The van der Waals surface area contributed by atoms with Crippen LogP contribution in [-0.4, -0.2) is 19.1 Å². The van der Waals surface area contributed by atoms with Crippen LogP contribution in [0, 0.1) is 0 Å². The Morgan fingerprint density at radius 3 is 2.95 bits per heavy atom. The minimum atomic E-state index is -0.352. The van der Waals surface area contributed by atoms with Crippen molar-refractivity contribution in [2.45, 2.75) is 19.3 Å². The van der Waals surface area contributed by atoms with E-state index in [9.17, 15) is 4.79 Å². The molecule has 114 valence electrons. The Morgan fingerprint density at radius 2 is 2.09 bits per heavy atom. The lowest BCUT2D eigenvalue weighted by Crippen LogP contribution is -2.14. The van der Waals surface area contributed by atoms with Crippen molar-refractivity contribution in [1.82, 2.24) is 0 Å². The van der Waals surface area contributed by atoms with Crippen LogP contribution in [0.15, 0.2) is 42.5 Å². The first-order chi connectivity index (χ1) is 10.7. The molecule has 0 spiro atoms.